The Hall–Kier alpha value is -0.830. The summed E-state index contributed by atoms with van der Waals surface area (Å²) >= 11 is 0. The maximum Gasteiger partial charge on any atom is 0.334 e. The van der Waals surface area contributed by atoms with E-state index in [1.165, 1.54) is 5.57 Å². The molecule has 2 aliphatic carbocycles. The average Bonchev–Trinajstić information content (AvgIpc) is 2.76. The predicted octanol–water partition coefficient (Wildman–Crippen LogP) is 2.15. The lowest BCUT2D eigenvalue weighted by Crippen LogP contribution is -2.42. The Labute approximate surface area is 108 Å². The van der Waals surface area contributed by atoms with Crippen LogP contribution in [0.3, 0.4) is 0 Å². The van der Waals surface area contributed by atoms with Gasteiger partial charge in [-0.15, -0.1) is 0 Å². The van der Waals surface area contributed by atoms with Crippen LogP contribution >= 0.6 is 0 Å². The molecule has 100 valence electrons. The second-order valence-electron chi connectivity index (χ2n) is 6.65. The lowest BCUT2D eigenvalue weighted by molar-refractivity contribution is -0.138. The second kappa shape index (κ2) is 3.83. The number of hydrogen-bond donors (Lipinski definition) is 1. The quantitative estimate of drug-likeness (QED) is 0.764. The Bertz CT molecular complexity index is 423. The Balaban J connectivity index is 2.09. The van der Waals surface area contributed by atoms with Crippen LogP contribution in [0.25, 0.3) is 0 Å². The molecule has 1 N–H and O–H groups in total. The Morgan fingerprint density at radius 1 is 1.50 bits per heavy atom. The van der Waals surface area contributed by atoms with E-state index in [2.05, 4.69) is 20.8 Å². The number of carbonyl (C=O) groups is 1. The van der Waals surface area contributed by atoms with E-state index in [0.717, 1.165) is 18.4 Å². The molecule has 18 heavy (non-hydrogen) atoms. The molecule has 2 unspecified atom stereocenters. The molecule has 0 saturated heterocycles. The minimum atomic E-state index is -0.121. The standard InChI is InChI=1S/C15H22O3/c1-8(2)9-4-5-15(3)10(6-16)12(9)13-11(15)7-18-14(13)17/h8-10,12,16H,4-7H2,1-3H3/t9-,10+,12?,15?/m1/s1. The van der Waals surface area contributed by atoms with E-state index in [-0.39, 0.29) is 29.8 Å². The van der Waals surface area contributed by atoms with Gasteiger partial charge in [0.05, 0.1) is 0 Å². The van der Waals surface area contributed by atoms with Crippen molar-refractivity contribution >= 4 is 5.97 Å². The molecule has 1 aliphatic heterocycles. The topological polar surface area (TPSA) is 46.5 Å². The Kier molecular flexibility index (Phi) is 2.60. The molecule has 0 aromatic rings. The lowest BCUT2D eigenvalue weighted by atomic mass is 9.59. The number of hydrogen-bond acceptors (Lipinski definition) is 3. The van der Waals surface area contributed by atoms with Crippen molar-refractivity contribution in [3.05, 3.63) is 11.1 Å². The fourth-order valence-corrected chi connectivity index (χ4v) is 4.61. The summed E-state index contributed by atoms with van der Waals surface area (Å²) in [5.41, 5.74) is 2.11. The van der Waals surface area contributed by atoms with Gasteiger partial charge in [0, 0.05) is 18.1 Å². The van der Waals surface area contributed by atoms with Gasteiger partial charge in [0.15, 0.2) is 0 Å². The summed E-state index contributed by atoms with van der Waals surface area (Å²) in [6, 6.07) is 0. The van der Waals surface area contributed by atoms with Crippen molar-refractivity contribution < 1.29 is 14.6 Å². The van der Waals surface area contributed by atoms with E-state index < -0.39 is 0 Å². The smallest absolute Gasteiger partial charge is 0.334 e. The summed E-state index contributed by atoms with van der Waals surface area (Å²) < 4.78 is 5.25. The van der Waals surface area contributed by atoms with E-state index in [1.54, 1.807) is 0 Å². The number of fused-ring (bicyclic) bond motifs is 4. The van der Waals surface area contributed by atoms with Gasteiger partial charge in [0.25, 0.3) is 0 Å². The highest BCUT2D eigenvalue weighted by molar-refractivity contribution is 5.94. The number of aliphatic hydroxyl groups is 1. The maximum atomic E-state index is 12.0. The average molecular weight is 250 g/mol. The largest absolute Gasteiger partial charge is 0.458 e. The summed E-state index contributed by atoms with van der Waals surface area (Å²) in [6.07, 6.45) is 2.24. The van der Waals surface area contributed by atoms with Gasteiger partial charge in [-0.1, -0.05) is 20.8 Å². The highest BCUT2D eigenvalue weighted by Gasteiger charge is 2.59. The minimum absolute atomic E-state index is 0.00764. The van der Waals surface area contributed by atoms with E-state index in [1.807, 2.05) is 0 Å². The monoisotopic (exact) mass is 250 g/mol. The molecule has 0 radical (unpaired) electrons. The summed E-state index contributed by atoms with van der Waals surface area (Å²) in [7, 11) is 0. The number of carbonyl (C=O) groups excluding carboxylic acids is 1. The zero-order valence-corrected chi connectivity index (χ0v) is 11.4. The normalized spacial score (nSPS) is 42.5. The Morgan fingerprint density at radius 2 is 2.22 bits per heavy atom. The third-order valence-corrected chi connectivity index (χ3v) is 5.68. The predicted molar refractivity (Wildman–Crippen MR) is 67.7 cm³/mol. The summed E-state index contributed by atoms with van der Waals surface area (Å²) in [5, 5.41) is 9.80. The molecule has 2 bridgehead atoms. The van der Waals surface area contributed by atoms with Crippen LogP contribution in [-0.2, 0) is 9.53 Å². The number of ether oxygens (including phenoxy) is 1. The SMILES string of the molecule is CC(C)[C@H]1CCC2(C)C3=C(C(=O)OC3)C1[C@@H]2CO. The number of aliphatic hydroxyl groups excluding tert-OH is 1. The molecule has 0 spiro atoms. The zero-order valence-electron chi connectivity index (χ0n) is 11.4. The van der Waals surface area contributed by atoms with Crippen LogP contribution in [0.4, 0.5) is 0 Å². The van der Waals surface area contributed by atoms with Gasteiger partial charge in [0.1, 0.15) is 6.61 Å². The van der Waals surface area contributed by atoms with Gasteiger partial charge in [0.2, 0.25) is 0 Å². The van der Waals surface area contributed by atoms with Crippen molar-refractivity contribution in [2.24, 2.45) is 29.1 Å². The molecule has 3 heteroatoms. The lowest BCUT2D eigenvalue weighted by Gasteiger charge is -2.45. The van der Waals surface area contributed by atoms with Crippen LogP contribution in [0.1, 0.15) is 33.6 Å². The van der Waals surface area contributed by atoms with Crippen molar-refractivity contribution in [1.29, 1.82) is 0 Å². The van der Waals surface area contributed by atoms with Crippen LogP contribution < -0.4 is 0 Å². The van der Waals surface area contributed by atoms with E-state index in [0.29, 0.717) is 18.4 Å². The molecule has 1 saturated carbocycles. The van der Waals surface area contributed by atoms with Crippen LogP contribution in [0, 0.1) is 29.1 Å². The third-order valence-electron chi connectivity index (χ3n) is 5.68. The van der Waals surface area contributed by atoms with Crippen LogP contribution in [0.15, 0.2) is 11.1 Å². The van der Waals surface area contributed by atoms with Gasteiger partial charge >= 0.3 is 5.97 Å². The van der Waals surface area contributed by atoms with Crippen LogP contribution in [0.2, 0.25) is 0 Å². The third kappa shape index (κ3) is 1.31. The summed E-state index contributed by atoms with van der Waals surface area (Å²) in [5.74, 6) is 1.38. The fourth-order valence-electron chi connectivity index (χ4n) is 4.61. The highest BCUT2D eigenvalue weighted by atomic mass is 16.5. The molecular weight excluding hydrogens is 228 g/mol. The molecule has 3 nitrogen and oxygen atoms in total. The van der Waals surface area contributed by atoms with Gasteiger partial charge < -0.3 is 9.84 Å². The van der Waals surface area contributed by atoms with Crippen molar-refractivity contribution in [3.63, 3.8) is 0 Å². The minimum Gasteiger partial charge on any atom is -0.458 e. The van der Waals surface area contributed by atoms with Gasteiger partial charge in [-0.05, 0) is 41.6 Å². The number of cyclic esters (lactones) is 1. The molecule has 1 heterocycles. The van der Waals surface area contributed by atoms with Crippen molar-refractivity contribution in [2.75, 3.05) is 13.2 Å². The first kappa shape index (κ1) is 12.2. The van der Waals surface area contributed by atoms with Gasteiger partial charge in [-0.25, -0.2) is 4.79 Å². The van der Waals surface area contributed by atoms with Crippen molar-refractivity contribution in [1.82, 2.24) is 0 Å². The summed E-state index contributed by atoms with van der Waals surface area (Å²) in [6.45, 7) is 7.30. The molecule has 0 aromatic heterocycles. The second-order valence-corrected chi connectivity index (χ2v) is 6.65. The fraction of sp³-hybridized carbons (Fsp3) is 0.800. The van der Waals surface area contributed by atoms with Crippen LogP contribution in [0.5, 0.6) is 0 Å². The first-order chi connectivity index (χ1) is 8.50. The molecule has 3 aliphatic rings. The highest BCUT2D eigenvalue weighted by Crippen LogP contribution is 2.62. The van der Waals surface area contributed by atoms with E-state index in [9.17, 15) is 9.90 Å². The molecule has 4 atom stereocenters. The van der Waals surface area contributed by atoms with Crippen molar-refractivity contribution in [3.8, 4) is 0 Å². The molecule has 0 amide bonds. The summed E-state index contributed by atoms with van der Waals surface area (Å²) in [4.78, 5) is 12.0. The van der Waals surface area contributed by atoms with E-state index >= 15 is 0 Å². The zero-order chi connectivity index (χ0) is 13.1. The van der Waals surface area contributed by atoms with Gasteiger partial charge in [-0.3, -0.25) is 0 Å². The molecule has 1 fully saturated rings. The van der Waals surface area contributed by atoms with E-state index in [4.69, 9.17) is 4.74 Å². The molecular formula is C15H22O3. The first-order valence-corrected chi connectivity index (χ1v) is 7.02. The first-order valence-electron chi connectivity index (χ1n) is 7.02. The molecule has 0 aromatic carbocycles. The number of rotatable bonds is 2. The van der Waals surface area contributed by atoms with Gasteiger partial charge in [-0.2, -0.15) is 0 Å². The Morgan fingerprint density at radius 3 is 2.83 bits per heavy atom. The van der Waals surface area contributed by atoms with Crippen LogP contribution in [-0.4, -0.2) is 24.3 Å². The molecule has 3 rings (SSSR count). The number of esters is 1. The van der Waals surface area contributed by atoms with Crippen molar-refractivity contribution in [2.45, 2.75) is 33.6 Å². The maximum absolute atomic E-state index is 12.0.